The van der Waals surface area contributed by atoms with E-state index in [0.717, 1.165) is 10.5 Å². The molecule has 1 atom stereocenters. The minimum atomic E-state index is -1.30. The van der Waals surface area contributed by atoms with Crippen molar-refractivity contribution in [2.24, 2.45) is 5.92 Å². The van der Waals surface area contributed by atoms with Gasteiger partial charge in [0.15, 0.2) is 0 Å². The number of ether oxygens (including phenoxy) is 1. The number of nitrogens with zero attached hydrogens (tertiary/aromatic N) is 1. The number of benzene rings is 1. The number of likely N-dealkylation sites (N-methyl/N-ethyl adjacent to an activating group) is 1. The van der Waals surface area contributed by atoms with Gasteiger partial charge in [0, 0.05) is 7.05 Å². The van der Waals surface area contributed by atoms with Gasteiger partial charge in [-0.25, -0.2) is 9.59 Å². The standard InChI is InChI=1S/C15H21NO4/c1-11(2)15(3,13(17)18)16(4)14(19)20-10-12-8-6-5-7-9-12/h5-9,11H,10H2,1-4H3,(H,17,18)/t15-/m0/s1. The topological polar surface area (TPSA) is 66.8 Å². The summed E-state index contributed by atoms with van der Waals surface area (Å²) in [6, 6.07) is 9.25. The molecule has 1 amide bonds. The van der Waals surface area contributed by atoms with Crippen LogP contribution in [-0.4, -0.2) is 34.7 Å². The third-order valence-corrected chi connectivity index (χ3v) is 3.73. The molecule has 1 N–H and O–H groups in total. The molecule has 1 aromatic rings. The number of carbonyl (C=O) groups excluding carboxylic acids is 1. The second kappa shape index (κ2) is 6.41. The summed E-state index contributed by atoms with van der Waals surface area (Å²) in [5, 5.41) is 9.36. The van der Waals surface area contributed by atoms with Crippen molar-refractivity contribution < 1.29 is 19.4 Å². The van der Waals surface area contributed by atoms with Gasteiger partial charge in [-0.1, -0.05) is 44.2 Å². The van der Waals surface area contributed by atoms with Gasteiger partial charge in [-0.3, -0.25) is 4.90 Å². The van der Waals surface area contributed by atoms with Crippen molar-refractivity contribution in [3.05, 3.63) is 35.9 Å². The van der Waals surface area contributed by atoms with E-state index in [4.69, 9.17) is 4.74 Å². The SMILES string of the molecule is CC(C)[C@@](C)(C(=O)O)N(C)C(=O)OCc1ccccc1. The molecule has 0 bridgehead atoms. The maximum Gasteiger partial charge on any atom is 0.410 e. The van der Waals surface area contributed by atoms with E-state index in [1.807, 2.05) is 30.3 Å². The van der Waals surface area contributed by atoms with Crippen molar-refractivity contribution in [2.75, 3.05) is 7.05 Å². The quantitative estimate of drug-likeness (QED) is 0.900. The van der Waals surface area contributed by atoms with Crippen LogP contribution < -0.4 is 0 Å². The van der Waals surface area contributed by atoms with Crippen LogP contribution in [0.15, 0.2) is 30.3 Å². The fourth-order valence-corrected chi connectivity index (χ4v) is 1.78. The Bertz CT molecular complexity index is 472. The Balaban J connectivity index is 2.73. The van der Waals surface area contributed by atoms with Crippen molar-refractivity contribution >= 4 is 12.1 Å². The highest BCUT2D eigenvalue weighted by atomic mass is 16.6. The molecule has 0 radical (unpaired) electrons. The highest BCUT2D eigenvalue weighted by Crippen LogP contribution is 2.24. The van der Waals surface area contributed by atoms with Crippen LogP contribution in [0, 0.1) is 5.92 Å². The Morgan fingerprint density at radius 2 is 1.85 bits per heavy atom. The van der Waals surface area contributed by atoms with Crippen LogP contribution in [-0.2, 0) is 16.1 Å². The first kappa shape index (κ1) is 16.0. The zero-order chi connectivity index (χ0) is 15.3. The van der Waals surface area contributed by atoms with Crippen molar-refractivity contribution in [2.45, 2.75) is 32.9 Å². The molecule has 0 aliphatic heterocycles. The summed E-state index contributed by atoms with van der Waals surface area (Å²) in [4.78, 5) is 24.6. The second-order valence-electron chi connectivity index (χ2n) is 5.21. The van der Waals surface area contributed by atoms with Gasteiger partial charge in [-0.05, 0) is 18.4 Å². The van der Waals surface area contributed by atoms with E-state index in [2.05, 4.69) is 0 Å². The van der Waals surface area contributed by atoms with E-state index in [-0.39, 0.29) is 12.5 Å². The first-order valence-electron chi connectivity index (χ1n) is 6.48. The molecule has 1 rings (SSSR count). The summed E-state index contributed by atoms with van der Waals surface area (Å²) in [5.74, 6) is -1.29. The largest absolute Gasteiger partial charge is 0.479 e. The van der Waals surface area contributed by atoms with Crippen LogP contribution in [0.3, 0.4) is 0 Å². The molecule has 0 aromatic heterocycles. The molecule has 0 aliphatic carbocycles. The van der Waals surface area contributed by atoms with Gasteiger partial charge in [-0.2, -0.15) is 0 Å². The van der Waals surface area contributed by atoms with Crippen molar-refractivity contribution in [3.63, 3.8) is 0 Å². The zero-order valence-electron chi connectivity index (χ0n) is 12.3. The van der Waals surface area contributed by atoms with Gasteiger partial charge in [-0.15, -0.1) is 0 Å². The summed E-state index contributed by atoms with van der Waals surface area (Å²) in [7, 11) is 1.45. The molecule has 0 aliphatic rings. The molecule has 0 heterocycles. The van der Waals surface area contributed by atoms with Crippen LogP contribution in [0.4, 0.5) is 4.79 Å². The van der Waals surface area contributed by atoms with Crippen molar-refractivity contribution in [3.8, 4) is 0 Å². The Morgan fingerprint density at radius 1 is 1.30 bits per heavy atom. The Kier molecular flexibility index (Phi) is 5.13. The highest BCUT2D eigenvalue weighted by molar-refractivity contribution is 5.84. The number of amides is 1. The van der Waals surface area contributed by atoms with E-state index in [0.29, 0.717) is 0 Å². The fourth-order valence-electron chi connectivity index (χ4n) is 1.78. The van der Waals surface area contributed by atoms with Crippen LogP contribution >= 0.6 is 0 Å². The average molecular weight is 279 g/mol. The maximum atomic E-state index is 12.0. The summed E-state index contributed by atoms with van der Waals surface area (Å²) in [5.41, 5.74) is -0.441. The average Bonchev–Trinajstić information content (AvgIpc) is 2.43. The number of carbonyl (C=O) groups is 2. The van der Waals surface area contributed by atoms with E-state index in [9.17, 15) is 14.7 Å². The molecule has 110 valence electrons. The maximum absolute atomic E-state index is 12.0. The second-order valence-corrected chi connectivity index (χ2v) is 5.21. The normalized spacial score (nSPS) is 13.7. The van der Waals surface area contributed by atoms with Crippen LogP contribution in [0.1, 0.15) is 26.3 Å². The predicted octanol–water partition coefficient (Wildman–Crippen LogP) is 2.75. The van der Waals surface area contributed by atoms with Gasteiger partial charge < -0.3 is 9.84 Å². The molecule has 0 unspecified atom stereocenters. The predicted molar refractivity (Wildman–Crippen MR) is 75.3 cm³/mol. The molecule has 0 saturated heterocycles. The highest BCUT2D eigenvalue weighted by Gasteiger charge is 2.43. The van der Waals surface area contributed by atoms with E-state index in [1.54, 1.807) is 13.8 Å². The lowest BCUT2D eigenvalue weighted by Crippen LogP contribution is -2.56. The Morgan fingerprint density at radius 3 is 2.30 bits per heavy atom. The van der Waals surface area contributed by atoms with Gasteiger partial charge in [0.1, 0.15) is 12.1 Å². The van der Waals surface area contributed by atoms with Gasteiger partial charge in [0.25, 0.3) is 0 Å². The molecule has 20 heavy (non-hydrogen) atoms. The molecule has 5 nitrogen and oxygen atoms in total. The molecule has 5 heteroatoms. The lowest BCUT2D eigenvalue weighted by molar-refractivity contribution is -0.151. The minimum Gasteiger partial charge on any atom is -0.479 e. The van der Waals surface area contributed by atoms with Gasteiger partial charge in [0.2, 0.25) is 0 Å². The van der Waals surface area contributed by atoms with Gasteiger partial charge in [0.05, 0.1) is 0 Å². The third-order valence-electron chi connectivity index (χ3n) is 3.73. The number of carboxylic acids is 1. The molecule has 0 fully saturated rings. The third kappa shape index (κ3) is 3.29. The Labute approximate surface area is 119 Å². The van der Waals surface area contributed by atoms with Crippen molar-refractivity contribution in [1.29, 1.82) is 0 Å². The molecule has 0 spiro atoms. The van der Waals surface area contributed by atoms with Gasteiger partial charge >= 0.3 is 12.1 Å². The molecule has 0 saturated carbocycles. The lowest BCUT2D eigenvalue weighted by atomic mass is 9.87. The van der Waals surface area contributed by atoms with E-state index in [1.165, 1.54) is 14.0 Å². The summed E-state index contributed by atoms with van der Waals surface area (Å²) < 4.78 is 5.16. The minimum absolute atomic E-state index is 0.123. The summed E-state index contributed by atoms with van der Waals surface area (Å²) in [6.45, 7) is 5.16. The van der Waals surface area contributed by atoms with E-state index >= 15 is 0 Å². The molecular weight excluding hydrogens is 258 g/mol. The number of hydrogen-bond acceptors (Lipinski definition) is 3. The number of hydrogen-bond donors (Lipinski definition) is 1. The smallest absolute Gasteiger partial charge is 0.410 e. The van der Waals surface area contributed by atoms with E-state index < -0.39 is 17.6 Å². The van der Waals surface area contributed by atoms with Crippen LogP contribution in [0.2, 0.25) is 0 Å². The number of carboxylic acid groups (broad SMARTS) is 1. The molecular formula is C15H21NO4. The zero-order valence-corrected chi connectivity index (χ0v) is 12.3. The first-order chi connectivity index (χ1) is 9.30. The fraction of sp³-hybridized carbons (Fsp3) is 0.467. The summed E-state index contributed by atoms with van der Waals surface area (Å²) in [6.07, 6.45) is -0.646. The lowest BCUT2D eigenvalue weighted by Gasteiger charge is -2.37. The molecule has 1 aromatic carbocycles. The number of rotatable bonds is 5. The van der Waals surface area contributed by atoms with Crippen LogP contribution in [0.25, 0.3) is 0 Å². The Hall–Kier alpha value is -2.04. The number of aliphatic carboxylic acids is 1. The monoisotopic (exact) mass is 279 g/mol. The van der Waals surface area contributed by atoms with Crippen LogP contribution in [0.5, 0.6) is 0 Å². The first-order valence-corrected chi connectivity index (χ1v) is 6.48. The van der Waals surface area contributed by atoms with Crippen molar-refractivity contribution in [1.82, 2.24) is 4.90 Å². The summed E-state index contributed by atoms with van der Waals surface area (Å²) >= 11 is 0.